The van der Waals surface area contributed by atoms with E-state index in [-0.39, 0.29) is 0 Å². The first-order valence-corrected chi connectivity index (χ1v) is 7.62. The summed E-state index contributed by atoms with van der Waals surface area (Å²) in [6.07, 6.45) is 2.06. The van der Waals surface area contributed by atoms with Crippen LogP contribution >= 0.6 is 23.1 Å². The zero-order valence-electron chi connectivity index (χ0n) is 9.59. The van der Waals surface area contributed by atoms with Crippen LogP contribution in [0.15, 0.2) is 22.7 Å². The Balaban J connectivity index is 1.86. The van der Waals surface area contributed by atoms with Crippen molar-refractivity contribution in [1.29, 1.82) is 0 Å². The molecule has 17 heavy (non-hydrogen) atoms. The molecule has 0 bridgehead atoms. The summed E-state index contributed by atoms with van der Waals surface area (Å²) < 4.78 is 2.06. The summed E-state index contributed by atoms with van der Waals surface area (Å²) >= 11 is 3.57. The highest BCUT2D eigenvalue weighted by atomic mass is 32.2. The van der Waals surface area contributed by atoms with Crippen LogP contribution in [0.1, 0.15) is 30.1 Å². The second-order valence-corrected chi connectivity index (χ2v) is 5.96. The zero-order valence-corrected chi connectivity index (χ0v) is 11.2. The number of aromatic nitrogens is 3. The van der Waals surface area contributed by atoms with Gasteiger partial charge in [-0.15, -0.1) is 21.5 Å². The van der Waals surface area contributed by atoms with Crippen molar-refractivity contribution in [1.82, 2.24) is 14.9 Å². The molecule has 2 aromatic heterocycles. The summed E-state index contributed by atoms with van der Waals surface area (Å²) in [5, 5.41) is 11.6. The third-order valence-electron chi connectivity index (χ3n) is 2.72. The van der Waals surface area contributed by atoms with Gasteiger partial charge in [0.1, 0.15) is 0 Å². The third kappa shape index (κ3) is 2.07. The molecule has 0 radical (unpaired) electrons. The highest BCUT2D eigenvalue weighted by Gasteiger charge is 2.23. The van der Waals surface area contributed by atoms with E-state index >= 15 is 0 Å². The van der Waals surface area contributed by atoms with Gasteiger partial charge in [0.2, 0.25) is 5.16 Å². The molecule has 1 unspecified atom stereocenters. The second-order valence-electron chi connectivity index (χ2n) is 3.99. The molecular formula is C11H14N4S2. The van der Waals surface area contributed by atoms with Crippen molar-refractivity contribution in [3.05, 3.63) is 28.2 Å². The molecular weight excluding hydrogens is 252 g/mol. The smallest absolute Gasteiger partial charge is 0.210 e. The summed E-state index contributed by atoms with van der Waals surface area (Å²) in [7, 11) is 0. The predicted molar refractivity (Wildman–Crippen MR) is 71.2 cm³/mol. The van der Waals surface area contributed by atoms with Crippen LogP contribution < -0.4 is 5.43 Å². The van der Waals surface area contributed by atoms with Crippen LogP contribution in [-0.4, -0.2) is 20.6 Å². The molecule has 90 valence electrons. The minimum atomic E-state index is 0.374. The monoisotopic (exact) mass is 266 g/mol. The Morgan fingerprint density at radius 2 is 2.47 bits per heavy atom. The second kappa shape index (κ2) is 4.70. The molecule has 0 saturated heterocycles. The highest BCUT2D eigenvalue weighted by Crippen LogP contribution is 2.31. The van der Waals surface area contributed by atoms with E-state index in [0.29, 0.717) is 6.04 Å². The van der Waals surface area contributed by atoms with Crippen molar-refractivity contribution in [3.63, 3.8) is 0 Å². The molecule has 0 spiro atoms. The number of fused-ring (bicyclic) bond motifs is 1. The molecule has 0 amide bonds. The first-order chi connectivity index (χ1) is 8.38. The van der Waals surface area contributed by atoms with E-state index in [9.17, 15) is 0 Å². The molecule has 3 rings (SSSR count). The number of thiophene rings is 1. The average Bonchev–Trinajstić information content (AvgIpc) is 2.98. The Morgan fingerprint density at radius 1 is 1.53 bits per heavy atom. The summed E-state index contributed by atoms with van der Waals surface area (Å²) in [6, 6.07) is 4.65. The molecule has 1 N–H and O–H groups in total. The fraction of sp³-hybridized carbons (Fsp3) is 0.455. The van der Waals surface area contributed by atoms with E-state index < -0.39 is 0 Å². The van der Waals surface area contributed by atoms with Gasteiger partial charge in [-0.05, 0) is 17.9 Å². The summed E-state index contributed by atoms with van der Waals surface area (Å²) in [6.45, 7) is 2.16. The van der Waals surface area contributed by atoms with Gasteiger partial charge in [0.15, 0.2) is 5.82 Å². The van der Waals surface area contributed by atoms with Gasteiger partial charge in [-0.25, -0.2) is 4.68 Å². The normalized spacial score (nSPS) is 18.8. The number of nitrogens with zero attached hydrogens (tertiary/aromatic N) is 3. The molecule has 0 aromatic carbocycles. The molecule has 1 atom stereocenters. The molecule has 6 heteroatoms. The van der Waals surface area contributed by atoms with Crippen LogP contribution in [0.2, 0.25) is 0 Å². The quantitative estimate of drug-likeness (QED) is 0.927. The van der Waals surface area contributed by atoms with Crippen LogP contribution in [0, 0.1) is 0 Å². The fourth-order valence-electron chi connectivity index (χ4n) is 1.90. The first-order valence-electron chi connectivity index (χ1n) is 5.75. The van der Waals surface area contributed by atoms with Gasteiger partial charge < -0.3 is 5.43 Å². The van der Waals surface area contributed by atoms with Crippen LogP contribution in [0.5, 0.6) is 0 Å². The van der Waals surface area contributed by atoms with Crippen LogP contribution in [0.3, 0.4) is 0 Å². The van der Waals surface area contributed by atoms with Gasteiger partial charge in [0.25, 0.3) is 0 Å². The van der Waals surface area contributed by atoms with Gasteiger partial charge in [-0.1, -0.05) is 24.8 Å². The Labute approximate surface area is 108 Å². The molecule has 2 aromatic rings. The predicted octanol–water partition coefficient (Wildman–Crippen LogP) is 2.68. The van der Waals surface area contributed by atoms with Gasteiger partial charge in [-0.3, -0.25) is 0 Å². The molecule has 4 nitrogen and oxygen atoms in total. The van der Waals surface area contributed by atoms with Crippen LogP contribution in [0.4, 0.5) is 0 Å². The van der Waals surface area contributed by atoms with E-state index in [0.717, 1.165) is 29.6 Å². The van der Waals surface area contributed by atoms with E-state index in [1.54, 1.807) is 23.1 Å². The van der Waals surface area contributed by atoms with Crippen LogP contribution in [-0.2, 0) is 6.42 Å². The Bertz CT molecular complexity index is 492. The lowest BCUT2D eigenvalue weighted by molar-refractivity contribution is 0.632. The highest BCUT2D eigenvalue weighted by molar-refractivity contribution is 7.99. The number of hydrogen-bond donors (Lipinski definition) is 1. The zero-order chi connectivity index (χ0) is 11.7. The lowest BCUT2D eigenvalue weighted by atomic mass is 10.3. The summed E-state index contributed by atoms with van der Waals surface area (Å²) in [4.78, 5) is 1.37. The van der Waals surface area contributed by atoms with Crippen molar-refractivity contribution in [2.45, 2.75) is 31.0 Å². The lowest BCUT2D eigenvalue weighted by Gasteiger charge is -2.25. The minimum absolute atomic E-state index is 0.374. The minimum Gasteiger partial charge on any atom is -0.313 e. The Hall–Kier alpha value is -1.01. The van der Waals surface area contributed by atoms with Gasteiger partial charge in [0.05, 0.1) is 6.04 Å². The number of nitrogens with one attached hydrogen (secondary N) is 1. The lowest BCUT2D eigenvalue weighted by Crippen LogP contribution is -2.28. The SMILES string of the molecule is CCCc1nnc2n1NC(c1cccs1)CS2. The van der Waals surface area contributed by atoms with Crippen molar-refractivity contribution in [2.75, 3.05) is 11.2 Å². The molecule has 0 aliphatic carbocycles. The average molecular weight is 266 g/mol. The molecule has 3 heterocycles. The fourth-order valence-corrected chi connectivity index (χ4v) is 3.73. The van der Waals surface area contributed by atoms with Crippen molar-refractivity contribution in [3.8, 4) is 0 Å². The van der Waals surface area contributed by atoms with Gasteiger partial charge in [-0.2, -0.15) is 0 Å². The molecule has 0 fully saturated rings. The largest absolute Gasteiger partial charge is 0.313 e. The van der Waals surface area contributed by atoms with Gasteiger partial charge >= 0.3 is 0 Å². The van der Waals surface area contributed by atoms with Crippen molar-refractivity contribution >= 4 is 23.1 Å². The summed E-state index contributed by atoms with van der Waals surface area (Å²) in [5.41, 5.74) is 3.51. The van der Waals surface area contributed by atoms with E-state index in [4.69, 9.17) is 0 Å². The number of hydrogen-bond acceptors (Lipinski definition) is 5. The maximum atomic E-state index is 4.24. The van der Waals surface area contributed by atoms with E-state index in [1.807, 2.05) is 0 Å². The maximum absolute atomic E-state index is 4.24. The number of rotatable bonds is 3. The standard InChI is InChI=1S/C11H14N4S2/c1-2-4-10-12-13-11-15(10)14-8(7-17-11)9-5-3-6-16-9/h3,5-6,8,14H,2,4,7H2,1H3. The molecule has 1 aliphatic heterocycles. The maximum Gasteiger partial charge on any atom is 0.210 e. The van der Waals surface area contributed by atoms with Crippen molar-refractivity contribution < 1.29 is 0 Å². The number of thioether (sulfide) groups is 1. The molecule has 0 saturated carbocycles. The van der Waals surface area contributed by atoms with Crippen LogP contribution in [0.25, 0.3) is 0 Å². The van der Waals surface area contributed by atoms with E-state index in [1.165, 1.54) is 4.88 Å². The van der Waals surface area contributed by atoms with E-state index in [2.05, 4.69) is 44.7 Å². The van der Waals surface area contributed by atoms with Gasteiger partial charge in [0, 0.05) is 17.1 Å². The Morgan fingerprint density at radius 3 is 3.24 bits per heavy atom. The first kappa shape index (κ1) is 11.1. The van der Waals surface area contributed by atoms with Crippen molar-refractivity contribution in [2.24, 2.45) is 0 Å². The third-order valence-corrected chi connectivity index (χ3v) is 4.73. The molecule has 1 aliphatic rings. The summed E-state index contributed by atoms with van der Waals surface area (Å²) in [5.74, 6) is 2.06. The number of aryl methyl sites for hydroxylation is 1. The Kier molecular flexibility index (Phi) is 3.07. The topological polar surface area (TPSA) is 42.7 Å².